The van der Waals surface area contributed by atoms with Crippen LogP contribution in [0.3, 0.4) is 0 Å². The van der Waals surface area contributed by atoms with E-state index in [9.17, 15) is 9.18 Å². The quantitative estimate of drug-likeness (QED) is 0.644. The van der Waals surface area contributed by atoms with Crippen molar-refractivity contribution in [3.8, 4) is 0 Å². The summed E-state index contributed by atoms with van der Waals surface area (Å²) in [4.78, 5) is 17.4. The maximum Gasteiger partial charge on any atom is 0.178 e. The van der Waals surface area contributed by atoms with Gasteiger partial charge in [0.25, 0.3) is 0 Å². The van der Waals surface area contributed by atoms with Crippen LogP contribution in [0.25, 0.3) is 10.9 Å². The van der Waals surface area contributed by atoms with Crippen LogP contribution in [0.15, 0.2) is 54.7 Å². The molecule has 4 rings (SSSR count). The maximum absolute atomic E-state index is 13.1. The molecule has 3 aromatic rings. The van der Waals surface area contributed by atoms with Crippen LogP contribution in [-0.4, -0.2) is 48.0 Å². The summed E-state index contributed by atoms with van der Waals surface area (Å²) in [5, 5.41) is 1.04. The predicted octanol–water partition coefficient (Wildman–Crippen LogP) is 3.81. The summed E-state index contributed by atoms with van der Waals surface area (Å²) < 4.78 is 15.2. The highest BCUT2D eigenvalue weighted by Gasteiger charge is 2.21. The van der Waals surface area contributed by atoms with Crippen molar-refractivity contribution in [2.45, 2.75) is 13.5 Å². The lowest BCUT2D eigenvalue weighted by atomic mass is 10.1. The molecule has 0 saturated carbocycles. The highest BCUT2D eigenvalue weighted by molar-refractivity contribution is 6.09. The number of nitrogens with zero attached hydrogens (tertiary/aromatic N) is 3. The average molecular weight is 365 g/mol. The van der Waals surface area contributed by atoms with Crippen LogP contribution >= 0.6 is 0 Å². The lowest BCUT2D eigenvalue weighted by Gasteiger charge is -2.35. The third-order valence-electron chi connectivity index (χ3n) is 5.36. The molecular weight excluding hydrogens is 341 g/mol. The molecule has 0 unspecified atom stereocenters. The van der Waals surface area contributed by atoms with E-state index in [1.54, 1.807) is 0 Å². The molecule has 1 aliphatic rings. The number of aromatic nitrogens is 1. The van der Waals surface area contributed by atoms with E-state index >= 15 is 0 Å². The number of para-hydroxylation sites is 1. The van der Waals surface area contributed by atoms with Crippen molar-refractivity contribution in [2.75, 3.05) is 37.6 Å². The lowest BCUT2D eigenvalue weighted by molar-refractivity contribution is 0.0928. The largest absolute Gasteiger partial charge is 0.369 e. The maximum atomic E-state index is 13.1. The smallest absolute Gasteiger partial charge is 0.178 e. The standard InChI is InChI=1S/C22H24FN3O/c1-2-25-15-20(19-5-3-4-6-21(19)25)22(27)16-24-11-13-26(14-12-24)18-9-7-17(23)8-10-18/h3-10,15H,2,11-14,16H2,1H3. The monoisotopic (exact) mass is 365 g/mol. The number of aryl methyl sites for hydroxylation is 1. The fourth-order valence-electron chi connectivity index (χ4n) is 3.83. The third-order valence-corrected chi connectivity index (χ3v) is 5.36. The van der Waals surface area contributed by atoms with Gasteiger partial charge in [0.1, 0.15) is 5.82 Å². The Morgan fingerprint density at radius 3 is 2.41 bits per heavy atom. The van der Waals surface area contributed by atoms with Gasteiger partial charge in [0.2, 0.25) is 0 Å². The highest BCUT2D eigenvalue weighted by atomic mass is 19.1. The second-order valence-electron chi connectivity index (χ2n) is 7.01. The Balaban J connectivity index is 1.42. The molecule has 0 amide bonds. The summed E-state index contributed by atoms with van der Waals surface area (Å²) in [6, 6.07) is 14.7. The first-order valence-corrected chi connectivity index (χ1v) is 9.49. The number of carbonyl (C=O) groups excluding carboxylic acids is 1. The van der Waals surface area contributed by atoms with Gasteiger partial charge in [-0.05, 0) is 37.3 Å². The summed E-state index contributed by atoms with van der Waals surface area (Å²) in [6.45, 7) is 6.73. The molecule has 1 fully saturated rings. The Morgan fingerprint density at radius 2 is 1.70 bits per heavy atom. The van der Waals surface area contributed by atoms with Gasteiger partial charge in [-0.1, -0.05) is 18.2 Å². The second-order valence-corrected chi connectivity index (χ2v) is 7.01. The first kappa shape index (κ1) is 17.7. The van der Waals surface area contributed by atoms with Gasteiger partial charge in [0, 0.05) is 61.1 Å². The number of hydrogen-bond acceptors (Lipinski definition) is 3. The average Bonchev–Trinajstić information content (AvgIpc) is 3.08. The predicted molar refractivity (Wildman–Crippen MR) is 107 cm³/mol. The van der Waals surface area contributed by atoms with E-state index in [4.69, 9.17) is 0 Å². The van der Waals surface area contributed by atoms with Gasteiger partial charge in [0.15, 0.2) is 5.78 Å². The minimum Gasteiger partial charge on any atom is -0.369 e. The number of carbonyl (C=O) groups is 1. The number of fused-ring (bicyclic) bond motifs is 1. The summed E-state index contributed by atoms with van der Waals surface area (Å²) in [6.07, 6.45) is 1.99. The topological polar surface area (TPSA) is 28.5 Å². The fraction of sp³-hybridized carbons (Fsp3) is 0.318. The van der Waals surface area contributed by atoms with Crippen LogP contribution in [0.4, 0.5) is 10.1 Å². The molecule has 0 atom stereocenters. The van der Waals surface area contributed by atoms with Gasteiger partial charge in [-0.3, -0.25) is 9.69 Å². The van der Waals surface area contributed by atoms with Crippen molar-refractivity contribution in [3.63, 3.8) is 0 Å². The van der Waals surface area contributed by atoms with Crippen LogP contribution in [0.2, 0.25) is 0 Å². The number of hydrogen-bond donors (Lipinski definition) is 0. The number of anilines is 1. The van der Waals surface area contributed by atoms with E-state index in [0.29, 0.717) is 6.54 Å². The minimum absolute atomic E-state index is 0.175. The molecule has 1 saturated heterocycles. The van der Waals surface area contributed by atoms with Gasteiger partial charge in [0.05, 0.1) is 6.54 Å². The zero-order chi connectivity index (χ0) is 18.8. The fourth-order valence-corrected chi connectivity index (χ4v) is 3.83. The zero-order valence-corrected chi connectivity index (χ0v) is 15.6. The number of piperazine rings is 1. The number of halogens is 1. The van der Waals surface area contributed by atoms with Crippen LogP contribution in [-0.2, 0) is 6.54 Å². The van der Waals surface area contributed by atoms with E-state index in [2.05, 4.69) is 27.4 Å². The van der Waals surface area contributed by atoms with Crippen molar-refractivity contribution in [2.24, 2.45) is 0 Å². The van der Waals surface area contributed by atoms with Crippen molar-refractivity contribution in [3.05, 3.63) is 66.1 Å². The van der Waals surface area contributed by atoms with Gasteiger partial charge < -0.3 is 9.47 Å². The molecule has 27 heavy (non-hydrogen) atoms. The Morgan fingerprint density at radius 1 is 1.00 bits per heavy atom. The molecule has 1 aromatic heterocycles. The molecular formula is C22H24FN3O. The molecule has 0 aliphatic carbocycles. The third kappa shape index (κ3) is 3.60. The van der Waals surface area contributed by atoms with Crippen LogP contribution < -0.4 is 4.90 Å². The SMILES string of the molecule is CCn1cc(C(=O)CN2CCN(c3ccc(F)cc3)CC2)c2ccccc21. The molecule has 0 bridgehead atoms. The normalized spacial score (nSPS) is 15.4. The Labute approximate surface area is 158 Å². The van der Waals surface area contributed by atoms with Gasteiger partial charge in [-0.25, -0.2) is 4.39 Å². The number of ketones is 1. The van der Waals surface area contributed by atoms with Gasteiger partial charge in [-0.15, -0.1) is 0 Å². The van der Waals surface area contributed by atoms with E-state index in [-0.39, 0.29) is 11.6 Å². The van der Waals surface area contributed by atoms with Crippen molar-refractivity contribution in [1.82, 2.24) is 9.47 Å². The molecule has 4 nitrogen and oxygen atoms in total. The van der Waals surface area contributed by atoms with E-state index in [1.165, 1.54) is 12.1 Å². The van der Waals surface area contributed by atoms with Gasteiger partial charge in [-0.2, -0.15) is 0 Å². The Hall–Kier alpha value is -2.66. The Kier molecular flexibility index (Phi) is 4.94. The summed E-state index contributed by atoms with van der Waals surface area (Å²) >= 11 is 0. The Bertz CT molecular complexity index is 940. The second kappa shape index (κ2) is 7.53. The van der Waals surface area contributed by atoms with E-state index in [1.807, 2.05) is 36.5 Å². The van der Waals surface area contributed by atoms with Crippen LogP contribution in [0, 0.1) is 5.82 Å². The van der Waals surface area contributed by atoms with Crippen LogP contribution in [0.5, 0.6) is 0 Å². The van der Waals surface area contributed by atoms with Crippen molar-refractivity contribution >= 4 is 22.4 Å². The van der Waals surface area contributed by atoms with Crippen LogP contribution in [0.1, 0.15) is 17.3 Å². The summed E-state index contributed by atoms with van der Waals surface area (Å²) in [7, 11) is 0. The lowest BCUT2D eigenvalue weighted by Crippen LogP contribution is -2.48. The highest BCUT2D eigenvalue weighted by Crippen LogP contribution is 2.23. The van der Waals surface area contributed by atoms with E-state index in [0.717, 1.165) is 54.9 Å². The number of Topliss-reactive ketones (excluding diaryl/α,β-unsaturated/α-hetero) is 1. The molecule has 5 heteroatoms. The molecule has 0 radical (unpaired) electrons. The summed E-state index contributed by atoms with van der Waals surface area (Å²) in [5.41, 5.74) is 2.96. The summed E-state index contributed by atoms with van der Waals surface area (Å²) in [5.74, 6) is -0.0390. The van der Waals surface area contributed by atoms with Crippen molar-refractivity contribution in [1.29, 1.82) is 0 Å². The van der Waals surface area contributed by atoms with Gasteiger partial charge >= 0.3 is 0 Å². The van der Waals surface area contributed by atoms with E-state index < -0.39 is 0 Å². The zero-order valence-electron chi connectivity index (χ0n) is 15.6. The molecule has 0 N–H and O–H groups in total. The molecule has 0 spiro atoms. The number of benzene rings is 2. The minimum atomic E-state index is -0.214. The van der Waals surface area contributed by atoms with Crippen molar-refractivity contribution < 1.29 is 9.18 Å². The molecule has 140 valence electrons. The molecule has 2 aromatic carbocycles. The first-order valence-electron chi connectivity index (χ1n) is 9.49. The number of rotatable bonds is 5. The molecule has 1 aliphatic heterocycles. The molecule has 2 heterocycles. The first-order chi connectivity index (χ1) is 13.2.